The minimum atomic E-state index is -3.59. The first kappa shape index (κ1) is 20.3. The number of carbonyl (C=O) groups excluding carboxylic acids is 1. The molecular formula is C22H24N4O3S. The van der Waals surface area contributed by atoms with Gasteiger partial charge in [-0.1, -0.05) is 36.4 Å². The summed E-state index contributed by atoms with van der Waals surface area (Å²) in [6.07, 6.45) is 5.23. The molecular weight excluding hydrogens is 400 g/mol. The molecule has 1 aliphatic rings. The monoisotopic (exact) mass is 424 g/mol. The van der Waals surface area contributed by atoms with Gasteiger partial charge in [-0.25, -0.2) is 13.4 Å². The minimum Gasteiger partial charge on any atom is -0.338 e. The van der Waals surface area contributed by atoms with Crippen molar-refractivity contribution in [1.29, 1.82) is 0 Å². The van der Waals surface area contributed by atoms with E-state index in [1.165, 1.54) is 16.4 Å². The maximum absolute atomic E-state index is 13.1. The highest BCUT2D eigenvalue weighted by Gasteiger charge is 2.28. The molecule has 0 radical (unpaired) electrons. The third-order valence-electron chi connectivity index (χ3n) is 5.32. The predicted octanol–water partition coefficient (Wildman–Crippen LogP) is 2.72. The predicted molar refractivity (Wildman–Crippen MR) is 113 cm³/mol. The second-order valence-corrected chi connectivity index (χ2v) is 9.29. The van der Waals surface area contributed by atoms with E-state index in [-0.39, 0.29) is 10.8 Å². The van der Waals surface area contributed by atoms with Gasteiger partial charge in [-0.15, -0.1) is 0 Å². The van der Waals surface area contributed by atoms with E-state index in [9.17, 15) is 13.2 Å². The maximum Gasteiger partial charge on any atom is 0.252 e. The number of aromatic nitrogens is 2. The van der Waals surface area contributed by atoms with Crippen molar-refractivity contribution in [2.75, 3.05) is 13.1 Å². The van der Waals surface area contributed by atoms with Gasteiger partial charge in [0.1, 0.15) is 11.9 Å². The Bertz CT molecular complexity index is 1140. The van der Waals surface area contributed by atoms with Crippen molar-refractivity contribution in [2.45, 2.75) is 23.8 Å². The zero-order valence-electron chi connectivity index (χ0n) is 16.7. The average Bonchev–Trinajstić information content (AvgIpc) is 3.45. The SMILES string of the molecule is Cn1ccnc1[C@H](NC(=O)c1cccc(S(=O)(=O)N2CCCC2)c1)c1ccccc1. The van der Waals surface area contributed by atoms with Gasteiger partial charge in [0.05, 0.1) is 4.90 Å². The van der Waals surface area contributed by atoms with Gasteiger partial charge in [0.2, 0.25) is 10.0 Å². The highest BCUT2D eigenvalue weighted by molar-refractivity contribution is 7.89. The summed E-state index contributed by atoms with van der Waals surface area (Å²) in [5, 5.41) is 3.01. The van der Waals surface area contributed by atoms with Crippen LogP contribution in [0.25, 0.3) is 0 Å². The third-order valence-corrected chi connectivity index (χ3v) is 7.22. The zero-order valence-corrected chi connectivity index (χ0v) is 17.5. The highest BCUT2D eigenvalue weighted by atomic mass is 32.2. The molecule has 2 heterocycles. The number of hydrogen-bond acceptors (Lipinski definition) is 4. The minimum absolute atomic E-state index is 0.144. The Morgan fingerprint density at radius 3 is 2.47 bits per heavy atom. The van der Waals surface area contributed by atoms with E-state index in [1.54, 1.807) is 18.3 Å². The molecule has 1 amide bonds. The first-order chi connectivity index (χ1) is 14.5. The van der Waals surface area contributed by atoms with Crippen LogP contribution >= 0.6 is 0 Å². The lowest BCUT2D eigenvalue weighted by atomic mass is 10.1. The van der Waals surface area contributed by atoms with Crippen molar-refractivity contribution in [3.63, 3.8) is 0 Å². The molecule has 7 nitrogen and oxygen atoms in total. The van der Waals surface area contributed by atoms with Gasteiger partial charge in [-0.3, -0.25) is 4.79 Å². The largest absolute Gasteiger partial charge is 0.338 e. The Hall–Kier alpha value is -2.97. The topological polar surface area (TPSA) is 84.3 Å². The van der Waals surface area contributed by atoms with Crippen molar-refractivity contribution < 1.29 is 13.2 Å². The Labute approximate surface area is 176 Å². The number of rotatable bonds is 6. The van der Waals surface area contributed by atoms with Crippen LogP contribution in [0.3, 0.4) is 0 Å². The fourth-order valence-corrected chi connectivity index (χ4v) is 5.25. The smallest absolute Gasteiger partial charge is 0.252 e. The van der Waals surface area contributed by atoms with Crippen molar-refractivity contribution in [3.8, 4) is 0 Å². The molecule has 8 heteroatoms. The molecule has 4 rings (SSSR count). The van der Waals surface area contributed by atoms with E-state index in [2.05, 4.69) is 10.3 Å². The second-order valence-electron chi connectivity index (χ2n) is 7.35. The zero-order chi connectivity index (χ0) is 21.1. The number of aryl methyl sites for hydroxylation is 1. The van der Waals surface area contributed by atoms with E-state index < -0.39 is 16.1 Å². The number of benzene rings is 2. The van der Waals surface area contributed by atoms with E-state index in [0.717, 1.165) is 18.4 Å². The normalized spacial score (nSPS) is 15.8. The molecule has 0 saturated carbocycles. The number of imidazole rings is 1. The summed E-state index contributed by atoms with van der Waals surface area (Å²) >= 11 is 0. The quantitative estimate of drug-likeness (QED) is 0.659. The summed E-state index contributed by atoms with van der Waals surface area (Å²) in [7, 11) is -1.72. The van der Waals surface area contributed by atoms with Gasteiger partial charge < -0.3 is 9.88 Å². The summed E-state index contributed by atoms with van der Waals surface area (Å²) < 4.78 is 29.1. The van der Waals surface area contributed by atoms with Gasteiger partial charge in [0.25, 0.3) is 5.91 Å². The van der Waals surface area contributed by atoms with Crippen LogP contribution in [-0.2, 0) is 17.1 Å². The molecule has 3 aromatic rings. The van der Waals surface area contributed by atoms with Gasteiger partial charge in [-0.2, -0.15) is 4.31 Å². The Morgan fingerprint density at radius 2 is 1.80 bits per heavy atom. The molecule has 1 aromatic heterocycles. The number of amides is 1. The Morgan fingerprint density at radius 1 is 1.07 bits per heavy atom. The lowest BCUT2D eigenvalue weighted by Crippen LogP contribution is -2.31. The van der Waals surface area contributed by atoms with E-state index in [1.807, 2.05) is 48.1 Å². The van der Waals surface area contributed by atoms with E-state index in [4.69, 9.17) is 0 Å². The Kier molecular flexibility index (Phi) is 5.69. The molecule has 0 spiro atoms. The van der Waals surface area contributed by atoms with Crippen LogP contribution in [0.2, 0.25) is 0 Å². The summed E-state index contributed by atoms with van der Waals surface area (Å²) in [6, 6.07) is 15.3. The van der Waals surface area contributed by atoms with Crippen LogP contribution in [0, 0.1) is 0 Å². The maximum atomic E-state index is 13.1. The van der Waals surface area contributed by atoms with Crippen molar-refractivity contribution in [3.05, 3.63) is 83.9 Å². The summed E-state index contributed by atoms with van der Waals surface area (Å²) in [5.74, 6) is 0.334. The standard InChI is InChI=1S/C22H24N4O3S/c1-25-15-12-23-21(25)20(17-8-3-2-4-9-17)24-22(27)18-10-7-11-19(16-18)30(28,29)26-13-5-6-14-26/h2-4,7-12,15-16,20H,5-6,13-14H2,1H3,(H,24,27)/t20-/m1/s1. The first-order valence-electron chi connectivity index (χ1n) is 9.90. The number of carbonyl (C=O) groups is 1. The molecule has 0 unspecified atom stereocenters. The number of nitrogens with one attached hydrogen (secondary N) is 1. The summed E-state index contributed by atoms with van der Waals surface area (Å²) in [6.45, 7) is 1.04. The van der Waals surface area contributed by atoms with Crippen molar-refractivity contribution in [2.24, 2.45) is 7.05 Å². The molecule has 30 heavy (non-hydrogen) atoms. The van der Waals surface area contributed by atoms with E-state index in [0.29, 0.717) is 24.5 Å². The fourth-order valence-electron chi connectivity index (χ4n) is 3.69. The molecule has 2 aromatic carbocycles. The molecule has 1 N–H and O–H groups in total. The second kappa shape index (κ2) is 8.41. The van der Waals surface area contributed by atoms with Crippen LogP contribution in [0.5, 0.6) is 0 Å². The van der Waals surface area contributed by atoms with Crippen LogP contribution < -0.4 is 5.32 Å². The average molecular weight is 425 g/mol. The molecule has 0 aliphatic carbocycles. The number of sulfonamides is 1. The number of nitrogens with zero attached hydrogens (tertiary/aromatic N) is 3. The molecule has 1 aliphatic heterocycles. The summed E-state index contributed by atoms with van der Waals surface area (Å²) in [5.41, 5.74) is 1.19. The third kappa shape index (κ3) is 4.01. The summed E-state index contributed by atoms with van der Waals surface area (Å²) in [4.78, 5) is 17.6. The van der Waals surface area contributed by atoms with E-state index >= 15 is 0 Å². The van der Waals surface area contributed by atoms with Crippen molar-refractivity contribution in [1.82, 2.24) is 19.2 Å². The fraction of sp³-hybridized carbons (Fsp3) is 0.273. The highest BCUT2D eigenvalue weighted by Crippen LogP contribution is 2.23. The lowest BCUT2D eigenvalue weighted by molar-refractivity contribution is 0.0941. The lowest BCUT2D eigenvalue weighted by Gasteiger charge is -2.20. The first-order valence-corrected chi connectivity index (χ1v) is 11.3. The van der Waals surface area contributed by atoms with Crippen LogP contribution in [0.1, 0.15) is 40.6 Å². The van der Waals surface area contributed by atoms with Crippen molar-refractivity contribution >= 4 is 15.9 Å². The molecule has 156 valence electrons. The van der Waals surface area contributed by atoms with Gasteiger partial charge in [0.15, 0.2) is 0 Å². The van der Waals surface area contributed by atoms with Gasteiger partial charge in [-0.05, 0) is 36.6 Å². The van der Waals surface area contributed by atoms with Crippen LogP contribution in [0.15, 0.2) is 71.9 Å². The van der Waals surface area contributed by atoms with Gasteiger partial charge >= 0.3 is 0 Å². The molecule has 1 fully saturated rings. The number of hydrogen-bond donors (Lipinski definition) is 1. The van der Waals surface area contributed by atoms with Gasteiger partial charge in [0, 0.05) is 38.1 Å². The molecule has 0 bridgehead atoms. The molecule has 1 atom stereocenters. The molecule has 1 saturated heterocycles. The Balaban J connectivity index is 1.63. The van der Waals surface area contributed by atoms with Crippen LogP contribution in [0.4, 0.5) is 0 Å². The van der Waals surface area contributed by atoms with Crippen LogP contribution in [-0.4, -0.2) is 41.3 Å².